The van der Waals surface area contributed by atoms with Gasteiger partial charge in [0.2, 0.25) is 11.8 Å². The molecule has 2 amide bonds. The lowest BCUT2D eigenvalue weighted by molar-refractivity contribution is -0.127. The predicted molar refractivity (Wildman–Crippen MR) is 126 cm³/mol. The number of amides is 2. The molecular formula is C24H39N3O6. The van der Waals surface area contributed by atoms with Crippen molar-refractivity contribution in [3.63, 3.8) is 0 Å². The molecule has 186 valence electrons. The fraction of sp³-hybridized carbons (Fsp3) is 0.625. The van der Waals surface area contributed by atoms with E-state index in [2.05, 4.69) is 16.1 Å². The molecule has 3 N–H and O–H groups in total. The maximum Gasteiger partial charge on any atom is 0.246 e. The van der Waals surface area contributed by atoms with Crippen LogP contribution in [0.15, 0.2) is 24.3 Å². The van der Waals surface area contributed by atoms with E-state index < -0.39 is 6.04 Å². The van der Waals surface area contributed by atoms with Crippen molar-refractivity contribution in [3.05, 3.63) is 29.8 Å². The van der Waals surface area contributed by atoms with Gasteiger partial charge in [-0.2, -0.15) is 5.48 Å². The quantitative estimate of drug-likeness (QED) is 0.239. The van der Waals surface area contributed by atoms with Crippen molar-refractivity contribution >= 4 is 23.3 Å². The highest BCUT2D eigenvalue weighted by Gasteiger charge is 2.15. The van der Waals surface area contributed by atoms with Gasteiger partial charge in [-0.25, -0.2) is 0 Å². The molecule has 33 heavy (non-hydrogen) atoms. The minimum absolute atomic E-state index is 0.0191. The lowest BCUT2D eigenvalue weighted by atomic mass is 10.1. The molecule has 1 atom stereocenters. The van der Waals surface area contributed by atoms with Crippen LogP contribution in [0.1, 0.15) is 53.0 Å². The third-order valence-electron chi connectivity index (χ3n) is 4.53. The number of Topliss-reactive ketones (excluding diaryl/α,β-unsaturated/α-hetero) is 1. The molecular weight excluding hydrogens is 426 g/mol. The monoisotopic (exact) mass is 465 g/mol. The molecule has 0 radical (unpaired) electrons. The number of carbonyl (C=O) groups excluding carboxylic acids is 3. The Morgan fingerprint density at radius 1 is 0.848 bits per heavy atom. The van der Waals surface area contributed by atoms with Gasteiger partial charge < -0.3 is 20.1 Å². The highest BCUT2D eigenvalue weighted by molar-refractivity contribution is 5.96. The molecule has 0 spiro atoms. The van der Waals surface area contributed by atoms with Gasteiger partial charge in [0, 0.05) is 30.5 Å². The van der Waals surface area contributed by atoms with Crippen molar-refractivity contribution < 1.29 is 28.7 Å². The van der Waals surface area contributed by atoms with Crippen LogP contribution in [0, 0.1) is 5.92 Å². The van der Waals surface area contributed by atoms with Gasteiger partial charge in [-0.1, -0.05) is 26.0 Å². The van der Waals surface area contributed by atoms with E-state index in [-0.39, 0.29) is 42.6 Å². The normalized spacial score (nSPS) is 12.1. The Hall–Kier alpha value is -2.33. The van der Waals surface area contributed by atoms with E-state index in [1.807, 2.05) is 39.8 Å². The van der Waals surface area contributed by atoms with Crippen molar-refractivity contribution in [2.45, 2.75) is 66.2 Å². The first-order valence-electron chi connectivity index (χ1n) is 11.4. The van der Waals surface area contributed by atoms with Gasteiger partial charge in [-0.3, -0.25) is 19.2 Å². The van der Waals surface area contributed by atoms with Crippen molar-refractivity contribution in [3.8, 4) is 0 Å². The zero-order valence-corrected chi connectivity index (χ0v) is 20.4. The summed E-state index contributed by atoms with van der Waals surface area (Å²) in [4.78, 5) is 41.1. The summed E-state index contributed by atoms with van der Waals surface area (Å²) in [7, 11) is 0. The maximum atomic E-state index is 12.3. The van der Waals surface area contributed by atoms with Crippen LogP contribution in [0.5, 0.6) is 0 Å². The lowest BCUT2D eigenvalue weighted by Gasteiger charge is -2.15. The van der Waals surface area contributed by atoms with Crippen molar-refractivity contribution in [1.82, 2.24) is 10.8 Å². The summed E-state index contributed by atoms with van der Waals surface area (Å²) in [6.45, 7) is 11.1. The summed E-state index contributed by atoms with van der Waals surface area (Å²) >= 11 is 0. The Kier molecular flexibility index (Phi) is 14.2. The fourth-order valence-corrected chi connectivity index (χ4v) is 2.55. The third kappa shape index (κ3) is 13.7. The average molecular weight is 466 g/mol. The highest BCUT2D eigenvalue weighted by atomic mass is 16.6. The van der Waals surface area contributed by atoms with Crippen LogP contribution in [0.2, 0.25) is 0 Å². The van der Waals surface area contributed by atoms with Gasteiger partial charge in [-0.05, 0) is 38.5 Å². The number of hydrogen-bond acceptors (Lipinski definition) is 7. The molecule has 1 rings (SSSR count). The molecule has 1 aromatic rings. The molecule has 0 fully saturated rings. The SMILES string of the molecule is CC(C)NOCc1ccc(NC(=O)[C@@H](C)NC(=O)CCOCCOCCC(=O)C(C)C)cc1. The van der Waals surface area contributed by atoms with E-state index in [0.717, 1.165) is 5.56 Å². The van der Waals surface area contributed by atoms with Gasteiger partial charge in [0.1, 0.15) is 11.8 Å². The number of hydroxylamine groups is 1. The molecule has 0 heterocycles. The topological polar surface area (TPSA) is 115 Å². The standard InChI is InChI=1S/C24H39N3O6/c1-17(2)22(28)10-12-31-14-15-32-13-11-23(29)25-19(5)24(30)26-21-8-6-20(7-9-21)16-33-27-18(3)4/h6-9,17-19,27H,10-16H2,1-5H3,(H,25,29)(H,26,30)/t19-/m1/s1. The number of carbonyl (C=O) groups is 3. The molecule has 0 unspecified atom stereocenters. The van der Waals surface area contributed by atoms with Crippen LogP contribution in [-0.4, -0.2) is 56.1 Å². The number of ketones is 1. The second-order valence-corrected chi connectivity index (χ2v) is 8.38. The molecule has 0 aromatic heterocycles. The Labute approximate surface area is 196 Å². The maximum absolute atomic E-state index is 12.3. The van der Waals surface area contributed by atoms with Gasteiger partial charge in [0.15, 0.2) is 0 Å². The number of anilines is 1. The van der Waals surface area contributed by atoms with E-state index in [9.17, 15) is 14.4 Å². The van der Waals surface area contributed by atoms with Crippen LogP contribution >= 0.6 is 0 Å². The van der Waals surface area contributed by atoms with Crippen LogP contribution in [0.3, 0.4) is 0 Å². The Balaban J connectivity index is 2.17. The minimum Gasteiger partial charge on any atom is -0.379 e. The van der Waals surface area contributed by atoms with E-state index in [4.69, 9.17) is 14.3 Å². The zero-order chi connectivity index (χ0) is 24.6. The molecule has 0 saturated heterocycles. The summed E-state index contributed by atoms with van der Waals surface area (Å²) in [6.07, 6.45) is 0.539. The Morgan fingerprint density at radius 2 is 1.45 bits per heavy atom. The number of benzene rings is 1. The number of nitrogens with one attached hydrogen (secondary N) is 3. The van der Waals surface area contributed by atoms with Crippen LogP contribution < -0.4 is 16.1 Å². The molecule has 0 aliphatic heterocycles. The van der Waals surface area contributed by atoms with Crippen molar-refractivity contribution in [2.75, 3.05) is 31.7 Å². The predicted octanol–water partition coefficient (Wildman–Crippen LogP) is 2.60. The lowest BCUT2D eigenvalue weighted by Crippen LogP contribution is -2.41. The number of ether oxygens (including phenoxy) is 2. The minimum atomic E-state index is -0.683. The molecule has 9 nitrogen and oxygen atoms in total. The molecule has 0 aliphatic carbocycles. The average Bonchev–Trinajstić information content (AvgIpc) is 2.76. The second kappa shape index (κ2) is 16.3. The highest BCUT2D eigenvalue weighted by Crippen LogP contribution is 2.10. The number of hydrogen-bond donors (Lipinski definition) is 3. The van der Waals surface area contributed by atoms with Gasteiger partial charge in [-0.15, -0.1) is 0 Å². The smallest absolute Gasteiger partial charge is 0.246 e. The van der Waals surface area contributed by atoms with Crippen LogP contribution in [-0.2, 0) is 35.3 Å². The Bertz CT molecular complexity index is 721. The van der Waals surface area contributed by atoms with Gasteiger partial charge in [0.25, 0.3) is 0 Å². The van der Waals surface area contributed by atoms with Crippen molar-refractivity contribution in [1.29, 1.82) is 0 Å². The van der Waals surface area contributed by atoms with Gasteiger partial charge in [0.05, 0.1) is 33.0 Å². The van der Waals surface area contributed by atoms with E-state index in [1.165, 1.54) is 0 Å². The van der Waals surface area contributed by atoms with E-state index in [0.29, 0.717) is 38.5 Å². The molecule has 0 saturated carbocycles. The van der Waals surface area contributed by atoms with Gasteiger partial charge >= 0.3 is 0 Å². The van der Waals surface area contributed by atoms with Crippen molar-refractivity contribution in [2.24, 2.45) is 5.92 Å². The third-order valence-corrected chi connectivity index (χ3v) is 4.53. The Morgan fingerprint density at radius 3 is 2.03 bits per heavy atom. The first kappa shape index (κ1) is 28.7. The number of rotatable bonds is 17. The second-order valence-electron chi connectivity index (χ2n) is 8.38. The molecule has 0 bridgehead atoms. The molecule has 0 aliphatic rings. The molecule has 9 heteroatoms. The largest absolute Gasteiger partial charge is 0.379 e. The van der Waals surface area contributed by atoms with Crippen LogP contribution in [0.25, 0.3) is 0 Å². The summed E-state index contributed by atoms with van der Waals surface area (Å²) in [5.41, 5.74) is 4.48. The summed E-state index contributed by atoms with van der Waals surface area (Å²) in [5, 5.41) is 5.43. The summed E-state index contributed by atoms with van der Waals surface area (Å²) in [6, 6.07) is 6.86. The summed E-state index contributed by atoms with van der Waals surface area (Å²) in [5.74, 6) is -0.386. The summed E-state index contributed by atoms with van der Waals surface area (Å²) < 4.78 is 10.7. The first-order valence-corrected chi connectivity index (χ1v) is 11.4. The van der Waals surface area contributed by atoms with E-state index >= 15 is 0 Å². The zero-order valence-electron chi connectivity index (χ0n) is 20.4. The van der Waals surface area contributed by atoms with E-state index in [1.54, 1.807) is 19.1 Å². The van der Waals surface area contributed by atoms with Crippen LogP contribution in [0.4, 0.5) is 5.69 Å². The first-order chi connectivity index (χ1) is 15.7. The fourth-order valence-electron chi connectivity index (χ4n) is 2.55. The molecule has 1 aromatic carbocycles.